The molecule has 0 aliphatic rings. The van der Waals surface area contributed by atoms with Crippen LogP contribution < -0.4 is 16.0 Å². The minimum absolute atomic E-state index is 0.0802. The van der Waals surface area contributed by atoms with Crippen molar-refractivity contribution in [3.8, 4) is 0 Å². The summed E-state index contributed by atoms with van der Waals surface area (Å²) in [5.74, 6) is -0.639. The molecule has 112 valence electrons. The summed E-state index contributed by atoms with van der Waals surface area (Å²) < 4.78 is 14.4. The second kappa shape index (κ2) is 6.39. The zero-order chi connectivity index (χ0) is 15.4. The van der Waals surface area contributed by atoms with Gasteiger partial charge in [-0.15, -0.1) is 0 Å². The third-order valence-electron chi connectivity index (χ3n) is 3.27. The van der Waals surface area contributed by atoms with Crippen LogP contribution in [0, 0.1) is 5.82 Å². The molecule has 0 spiro atoms. The van der Waals surface area contributed by atoms with Crippen molar-refractivity contribution in [1.29, 1.82) is 0 Å². The summed E-state index contributed by atoms with van der Waals surface area (Å²) in [6, 6.07) is 4.83. The highest BCUT2D eigenvalue weighted by atomic mass is 19.1. The number of anilines is 2. The molecular weight excluding hydrogens is 271 g/mol. The molecule has 21 heavy (non-hydrogen) atoms. The predicted octanol–water partition coefficient (Wildman–Crippen LogP) is 1.92. The van der Waals surface area contributed by atoms with Crippen LogP contribution in [-0.2, 0) is 4.79 Å². The normalized spacial score (nSPS) is 10.6. The van der Waals surface area contributed by atoms with Crippen LogP contribution in [0.15, 0.2) is 24.4 Å². The number of hydrogen-bond donors (Lipinski definition) is 2. The first-order valence-corrected chi connectivity index (χ1v) is 6.86. The number of nitrogen functional groups attached to an aromatic ring is 1. The van der Waals surface area contributed by atoms with Crippen LogP contribution in [-0.4, -0.2) is 31.0 Å². The SMILES string of the molecule is CCCN(CC(=O)NC)c1c(F)cc(N)c2cccnc12. The minimum Gasteiger partial charge on any atom is -0.398 e. The number of nitrogens with one attached hydrogen (secondary N) is 1. The Morgan fingerprint density at radius 3 is 2.95 bits per heavy atom. The lowest BCUT2D eigenvalue weighted by Gasteiger charge is -2.25. The number of nitrogens with zero attached hydrogens (tertiary/aromatic N) is 2. The fraction of sp³-hybridized carbons (Fsp3) is 0.333. The van der Waals surface area contributed by atoms with E-state index in [4.69, 9.17) is 5.73 Å². The third kappa shape index (κ3) is 3.04. The number of nitrogens with two attached hydrogens (primary N) is 1. The Labute approximate surface area is 122 Å². The monoisotopic (exact) mass is 290 g/mol. The van der Waals surface area contributed by atoms with Crippen molar-refractivity contribution in [2.24, 2.45) is 0 Å². The first-order valence-electron chi connectivity index (χ1n) is 6.86. The van der Waals surface area contributed by atoms with E-state index in [0.29, 0.717) is 28.8 Å². The topological polar surface area (TPSA) is 71.2 Å². The number of aromatic nitrogens is 1. The average Bonchev–Trinajstić information content (AvgIpc) is 2.47. The summed E-state index contributed by atoms with van der Waals surface area (Å²) in [5, 5.41) is 3.24. The first kappa shape index (κ1) is 15.0. The molecule has 1 heterocycles. The number of carbonyl (C=O) groups excluding carboxylic acids is 1. The van der Waals surface area contributed by atoms with E-state index in [-0.39, 0.29) is 12.5 Å². The molecule has 2 rings (SSSR count). The molecule has 0 saturated carbocycles. The summed E-state index contributed by atoms with van der Waals surface area (Å²) in [4.78, 5) is 17.6. The Morgan fingerprint density at radius 2 is 2.29 bits per heavy atom. The second-order valence-electron chi connectivity index (χ2n) is 4.79. The maximum absolute atomic E-state index is 14.4. The summed E-state index contributed by atoms with van der Waals surface area (Å²) >= 11 is 0. The number of rotatable bonds is 5. The molecule has 1 aromatic carbocycles. The molecular formula is C15H19FN4O. The smallest absolute Gasteiger partial charge is 0.239 e. The van der Waals surface area contributed by atoms with Gasteiger partial charge in [0.1, 0.15) is 5.69 Å². The Bertz CT molecular complexity index is 659. The number of hydrogen-bond acceptors (Lipinski definition) is 4. The molecule has 0 radical (unpaired) electrons. The van der Waals surface area contributed by atoms with E-state index in [1.54, 1.807) is 30.3 Å². The minimum atomic E-state index is -0.462. The van der Waals surface area contributed by atoms with Crippen molar-refractivity contribution < 1.29 is 9.18 Å². The van der Waals surface area contributed by atoms with E-state index < -0.39 is 5.82 Å². The number of benzene rings is 1. The number of pyridine rings is 1. The molecule has 0 bridgehead atoms. The molecule has 5 nitrogen and oxygen atoms in total. The van der Waals surface area contributed by atoms with Crippen LogP contribution in [0.25, 0.3) is 10.9 Å². The molecule has 2 aromatic rings. The largest absolute Gasteiger partial charge is 0.398 e. The number of halogens is 1. The first-order chi connectivity index (χ1) is 10.1. The van der Waals surface area contributed by atoms with Gasteiger partial charge in [-0.3, -0.25) is 9.78 Å². The fourth-order valence-corrected chi connectivity index (χ4v) is 2.32. The molecule has 1 aromatic heterocycles. The van der Waals surface area contributed by atoms with Crippen molar-refractivity contribution in [3.05, 3.63) is 30.2 Å². The van der Waals surface area contributed by atoms with E-state index in [1.807, 2.05) is 6.92 Å². The Morgan fingerprint density at radius 1 is 1.52 bits per heavy atom. The van der Waals surface area contributed by atoms with Gasteiger partial charge in [-0.05, 0) is 24.6 Å². The van der Waals surface area contributed by atoms with Crippen LogP contribution in [0.1, 0.15) is 13.3 Å². The molecule has 0 unspecified atom stereocenters. The van der Waals surface area contributed by atoms with Crippen molar-refractivity contribution in [2.45, 2.75) is 13.3 Å². The Hall–Kier alpha value is -2.37. The lowest BCUT2D eigenvalue weighted by molar-refractivity contribution is -0.119. The summed E-state index contributed by atoms with van der Waals surface area (Å²) in [7, 11) is 1.56. The summed E-state index contributed by atoms with van der Waals surface area (Å²) in [6.07, 6.45) is 2.38. The highest BCUT2D eigenvalue weighted by Crippen LogP contribution is 2.32. The molecule has 6 heteroatoms. The van der Waals surface area contributed by atoms with Gasteiger partial charge in [0.05, 0.1) is 12.1 Å². The molecule has 0 aliphatic heterocycles. The lowest BCUT2D eigenvalue weighted by Crippen LogP contribution is -2.36. The molecule has 1 amide bonds. The zero-order valence-electron chi connectivity index (χ0n) is 12.2. The fourth-order valence-electron chi connectivity index (χ4n) is 2.32. The van der Waals surface area contributed by atoms with Gasteiger partial charge < -0.3 is 16.0 Å². The lowest BCUT2D eigenvalue weighted by atomic mass is 10.1. The zero-order valence-corrected chi connectivity index (χ0v) is 12.2. The summed E-state index contributed by atoms with van der Waals surface area (Å²) in [5.41, 5.74) is 7.00. The van der Waals surface area contributed by atoms with E-state index >= 15 is 0 Å². The van der Waals surface area contributed by atoms with Crippen LogP contribution in [0.4, 0.5) is 15.8 Å². The van der Waals surface area contributed by atoms with E-state index in [2.05, 4.69) is 10.3 Å². The Kier molecular flexibility index (Phi) is 4.57. The van der Waals surface area contributed by atoms with Crippen LogP contribution in [0.5, 0.6) is 0 Å². The maximum atomic E-state index is 14.4. The van der Waals surface area contributed by atoms with Crippen LogP contribution in [0.3, 0.4) is 0 Å². The second-order valence-corrected chi connectivity index (χ2v) is 4.79. The van der Waals surface area contributed by atoms with E-state index in [9.17, 15) is 9.18 Å². The number of fused-ring (bicyclic) bond motifs is 1. The maximum Gasteiger partial charge on any atom is 0.239 e. The molecule has 0 fully saturated rings. The Balaban J connectivity index is 2.58. The standard InChI is InChI=1S/C15H19FN4O/c1-3-7-20(9-13(21)18-2)15-11(16)8-12(17)10-5-4-6-19-14(10)15/h4-6,8H,3,7,9,17H2,1-2H3,(H,18,21). The van der Waals surface area contributed by atoms with Gasteiger partial charge in [-0.25, -0.2) is 4.39 Å². The quantitative estimate of drug-likeness (QED) is 0.825. The van der Waals surface area contributed by atoms with Crippen molar-refractivity contribution in [2.75, 3.05) is 30.8 Å². The van der Waals surface area contributed by atoms with Gasteiger partial charge in [0.2, 0.25) is 5.91 Å². The average molecular weight is 290 g/mol. The number of carbonyl (C=O) groups is 1. The van der Waals surface area contributed by atoms with Crippen molar-refractivity contribution in [3.63, 3.8) is 0 Å². The van der Waals surface area contributed by atoms with Crippen molar-refractivity contribution in [1.82, 2.24) is 10.3 Å². The third-order valence-corrected chi connectivity index (χ3v) is 3.27. The van der Waals surface area contributed by atoms with Crippen LogP contribution in [0.2, 0.25) is 0 Å². The predicted molar refractivity (Wildman–Crippen MR) is 82.7 cm³/mol. The van der Waals surface area contributed by atoms with Crippen molar-refractivity contribution >= 4 is 28.2 Å². The van der Waals surface area contributed by atoms with Gasteiger partial charge in [-0.1, -0.05) is 6.92 Å². The molecule has 0 saturated heterocycles. The van der Waals surface area contributed by atoms with Gasteiger partial charge in [-0.2, -0.15) is 0 Å². The van der Waals surface area contributed by atoms with Gasteiger partial charge in [0, 0.05) is 30.9 Å². The van der Waals surface area contributed by atoms with Crippen LogP contribution >= 0.6 is 0 Å². The molecule has 0 atom stereocenters. The number of likely N-dealkylation sites (N-methyl/N-ethyl adjacent to an activating group) is 1. The highest BCUT2D eigenvalue weighted by Gasteiger charge is 2.19. The number of amides is 1. The van der Waals surface area contributed by atoms with Gasteiger partial charge >= 0.3 is 0 Å². The van der Waals surface area contributed by atoms with Gasteiger partial charge in [0.25, 0.3) is 0 Å². The summed E-state index contributed by atoms with van der Waals surface area (Å²) in [6.45, 7) is 2.61. The van der Waals surface area contributed by atoms with E-state index in [0.717, 1.165) is 6.42 Å². The van der Waals surface area contributed by atoms with Gasteiger partial charge in [0.15, 0.2) is 5.82 Å². The highest BCUT2D eigenvalue weighted by molar-refractivity contribution is 5.99. The molecule has 3 N–H and O–H groups in total. The molecule has 0 aliphatic carbocycles. The van der Waals surface area contributed by atoms with E-state index in [1.165, 1.54) is 6.07 Å².